The second-order valence-electron chi connectivity index (χ2n) is 9.31. The summed E-state index contributed by atoms with van der Waals surface area (Å²) >= 11 is 6.12. The van der Waals surface area contributed by atoms with Crippen molar-refractivity contribution in [2.45, 2.75) is 45.4 Å². The molecule has 9 heteroatoms. The van der Waals surface area contributed by atoms with Crippen LogP contribution in [-0.4, -0.2) is 42.2 Å². The van der Waals surface area contributed by atoms with E-state index in [0.29, 0.717) is 16.1 Å². The molecule has 0 spiro atoms. The molecular weight excluding hydrogens is 464 g/mol. The molecule has 2 heterocycles. The number of halogens is 1. The Morgan fingerprint density at radius 3 is 2.49 bits per heavy atom. The number of fused-ring (bicyclic) bond motifs is 1. The summed E-state index contributed by atoms with van der Waals surface area (Å²) in [6.07, 6.45) is 3.35. The quantitative estimate of drug-likeness (QED) is 0.420. The second kappa shape index (κ2) is 10.2. The van der Waals surface area contributed by atoms with Crippen molar-refractivity contribution in [2.24, 2.45) is 0 Å². The van der Waals surface area contributed by atoms with Crippen molar-refractivity contribution in [3.05, 3.63) is 89.2 Å². The van der Waals surface area contributed by atoms with Crippen molar-refractivity contribution in [3.8, 4) is 0 Å². The third-order valence-electron chi connectivity index (χ3n) is 5.35. The first-order valence-electron chi connectivity index (χ1n) is 11.3. The maximum absolute atomic E-state index is 13.8. The van der Waals surface area contributed by atoms with Crippen LogP contribution in [0.2, 0.25) is 5.02 Å². The monoisotopic (exact) mass is 490 g/mol. The Bertz CT molecular complexity index is 1320. The number of pyridine rings is 1. The number of carbonyl (C=O) groups is 2. The largest absolute Gasteiger partial charge is 0.349 e. The van der Waals surface area contributed by atoms with E-state index in [-0.39, 0.29) is 24.9 Å². The molecule has 1 atom stereocenters. The van der Waals surface area contributed by atoms with Crippen LogP contribution >= 0.6 is 11.6 Å². The summed E-state index contributed by atoms with van der Waals surface area (Å²) in [4.78, 5) is 33.2. The lowest BCUT2D eigenvalue weighted by atomic mass is 10.0. The molecule has 2 aromatic carbocycles. The molecule has 0 bridgehead atoms. The molecule has 0 aliphatic heterocycles. The van der Waals surface area contributed by atoms with Crippen molar-refractivity contribution in [1.82, 2.24) is 30.2 Å². The molecule has 2 amide bonds. The van der Waals surface area contributed by atoms with Crippen LogP contribution in [0.25, 0.3) is 11.0 Å². The first kappa shape index (κ1) is 24.3. The summed E-state index contributed by atoms with van der Waals surface area (Å²) < 4.78 is 1.55. The molecule has 4 rings (SSSR count). The smallest absolute Gasteiger partial charge is 0.247 e. The third-order valence-corrected chi connectivity index (χ3v) is 5.60. The minimum atomic E-state index is -0.894. The van der Waals surface area contributed by atoms with Crippen LogP contribution in [0.1, 0.15) is 37.9 Å². The molecule has 0 saturated carbocycles. The molecule has 180 valence electrons. The standard InChI is InChI=1S/C26H27ClN6O2/c1-26(2,3)29-25(35)24(19-10-12-20(27)13-11-19)32(16-18-7-6-14-28-15-18)23(34)17-33-22-9-5-4-8-21(22)30-31-33/h4-15,24H,16-17H2,1-3H3,(H,29,35). The third kappa shape index (κ3) is 6.02. The van der Waals surface area contributed by atoms with Crippen LogP contribution in [-0.2, 0) is 22.7 Å². The highest BCUT2D eigenvalue weighted by Gasteiger charge is 2.33. The lowest BCUT2D eigenvalue weighted by Gasteiger charge is -2.34. The minimum Gasteiger partial charge on any atom is -0.349 e. The van der Waals surface area contributed by atoms with E-state index < -0.39 is 11.6 Å². The zero-order valence-corrected chi connectivity index (χ0v) is 20.6. The zero-order chi connectivity index (χ0) is 25.0. The Morgan fingerprint density at radius 2 is 1.80 bits per heavy atom. The second-order valence-corrected chi connectivity index (χ2v) is 9.75. The molecule has 0 aliphatic rings. The van der Waals surface area contributed by atoms with Gasteiger partial charge in [0, 0.05) is 29.5 Å². The molecule has 0 fully saturated rings. The molecule has 8 nitrogen and oxygen atoms in total. The highest BCUT2D eigenvalue weighted by molar-refractivity contribution is 6.30. The van der Waals surface area contributed by atoms with E-state index in [1.165, 1.54) is 0 Å². The number of para-hydroxylation sites is 1. The van der Waals surface area contributed by atoms with Crippen molar-refractivity contribution >= 4 is 34.4 Å². The van der Waals surface area contributed by atoms with Gasteiger partial charge in [-0.05, 0) is 62.2 Å². The van der Waals surface area contributed by atoms with Crippen LogP contribution < -0.4 is 5.32 Å². The van der Waals surface area contributed by atoms with Gasteiger partial charge in [-0.2, -0.15) is 0 Å². The Kier molecular flexibility index (Phi) is 7.12. The molecule has 4 aromatic rings. The summed E-state index contributed by atoms with van der Waals surface area (Å²) in [7, 11) is 0. The fourth-order valence-corrected chi connectivity index (χ4v) is 3.95. The zero-order valence-electron chi connectivity index (χ0n) is 19.9. The number of hydrogen-bond acceptors (Lipinski definition) is 5. The Hall–Kier alpha value is -3.78. The number of nitrogens with zero attached hydrogens (tertiary/aromatic N) is 5. The predicted octanol–water partition coefficient (Wildman–Crippen LogP) is 4.16. The maximum atomic E-state index is 13.8. The van der Waals surface area contributed by atoms with Crippen LogP contribution in [0.3, 0.4) is 0 Å². The van der Waals surface area contributed by atoms with Crippen LogP contribution in [0, 0.1) is 0 Å². The van der Waals surface area contributed by atoms with Gasteiger partial charge in [-0.15, -0.1) is 5.10 Å². The Balaban J connectivity index is 1.75. The van der Waals surface area contributed by atoms with Gasteiger partial charge in [0.05, 0.1) is 5.52 Å². The Labute approximate surface area is 208 Å². The average molecular weight is 491 g/mol. The van der Waals surface area contributed by atoms with Crippen molar-refractivity contribution in [2.75, 3.05) is 0 Å². The van der Waals surface area contributed by atoms with Crippen molar-refractivity contribution in [1.29, 1.82) is 0 Å². The van der Waals surface area contributed by atoms with E-state index in [1.807, 2.05) is 51.1 Å². The number of aromatic nitrogens is 4. The van der Waals surface area contributed by atoms with E-state index in [0.717, 1.165) is 11.1 Å². The molecule has 0 aliphatic carbocycles. The van der Waals surface area contributed by atoms with Gasteiger partial charge in [0.25, 0.3) is 0 Å². The summed E-state index contributed by atoms with van der Waals surface area (Å²) in [6.45, 7) is 5.81. The van der Waals surface area contributed by atoms with Gasteiger partial charge in [-0.25, -0.2) is 4.68 Å². The molecule has 0 saturated heterocycles. The lowest BCUT2D eigenvalue weighted by Crippen LogP contribution is -2.49. The number of carbonyl (C=O) groups excluding carboxylic acids is 2. The molecular formula is C26H27ClN6O2. The van der Waals surface area contributed by atoms with Crippen LogP contribution in [0.4, 0.5) is 0 Å². The molecule has 2 aromatic heterocycles. The SMILES string of the molecule is CC(C)(C)NC(=O)C(c1ccc(Cl)cc1)N(Cc1cccnc1)C(=O)Cn1nnc2ccccc21. The first-order chi connectivity index (χ1) is 16.7. The fraction of sp³-hybridized carbons (Fsp3) is 0.269. The van der Waals surface area contributed by atoms with E-state index in [1.54, 1.807) is 52.3 Å². The molecule has 1 unspecified atom stereocenters. The predicted molar refractivity (Wildman–Crippen MR) is 134 cm³/mol. The van der Waals surface area contributed by atoms with E-state index in [2.05, 4.69) is 20.6 Å². The molecule has 0 radical (unpaired) electrons. The summed E-state index contributed by atoms with van der Waals surface area (Å²) in [5.41, 5.74) is 2.39. The summed E-state index contributed by atoms with van der Waals surface area (Å²) in [6, 6.07) is 17.2. The van der Waals surface area contributed by atoms with Gasteiger partial charge >= 0.3 is 0 Å². The lowest BCUT2D eigenvalue weighted by molar-refractivity contribution is -0.142. The Morgan fingerprint density at radius 1 is 1.06 bits per heavy atom. The van der Waals surface area contributed by atoms with Gasteiger partial charge in [-0.1, -0.05) is 47.1 Å². The molecule has 1 N–H and O–H groups in total. The average Bonchev–Trinajstić information content (AvgIpc) is 3.22. The van der Waals surface area contributed by atoms with Gasteiger partial charge in [0.2, 0.25) is 11.8 Å². The minimum absolute atomic E-state index is 0.0757. The first-order valence-corrected chi connectivity index (χ1v) is 11.6. The highest BCUT2D eigenvalue weighted by atomic mass is 35.5. The van der Waals surface area contributed by atoms with Gasteiger partial charge in [-0.3, -0.25) is 14.6 Å². The maximum Gasteiger partial charge on any atom is 0.247 e. The number of amides is 2. The van der Waals surface area contributed by atoms with Crippen molar-refractivity contribution in [3.63, 3.8) is 0 Å². The van der Waals surface area contributed by atoms with Gasteiger partial charge < -0.3 is 10.2 Å². The topological polar surface area (TPSA) is 93.0 Å². The molecule has 35 heavy (non-hydrogen) atoms. The van der Waals surface area contributed by atoms with Gasteiger partial charge in [0.15, 0.2) is 0 Å². The fourth-order valence-electron chi connectivity index (χ4n) is 3.82. The van der Waals surface area contributed by atoms with Crippen molar-refractivity contribution < 1.29 is 9.59 Å². The number of nitrogens with one attached hydrogen (secondary N) is 1. The number of rotatable bonds is 7. The number of hydrogen-bond donors (Lipinski definition) is 1. The van der Waals surface area contributed by atoms with E-state index in [4.69, 9.17) is 11.6 Å². The summed E-state index contributed by atoms with van der Waals surface area (Å²) in [5.74, 6) is -0.575. The summed E-state index contributed by atoms with van der Waals surface area (Å²) in [5, 5.41) is 11.9. The highest BCUT2D eigenvalue weighted by Crippen LogP contribution is 2.26. The van der Waals surface area contributed by atoms with E-state index >= 15 is 0 Å². The number of benzene rings is 2. The van der Waals surface area contributed by atoms with Gasteiger partial charge in [0.1, 0.15) is 18.1 Å². The van der Waals surface area contributed by atoms with Crippen LogP contribution in [0.5, 0.6) is 0 Å². The van der Waals surface area contributed by atoms with Crippen LogP contribution in [0.15, 0.2) is 73.1 Å². The van der Waals surface area contributed by atoms with E-state index in [9.17, 15) is 9.59 Å². The normalized spacial score (nSPS) is 12.3.